The van der Waals surface area contributed by atoms with E-state index in [9.17, 15) is 4.79 Å². The van der Waals surface area contributed by atoms with Gasteiger partial charge in [-0.05, 0) is 37.0 Å². The number of carbonyl (C=O) groups is 1. The molecule has 2 aromatic rings. The number of furan rings is 1. The molecule has 0 spiro atoms. The Morgan fingerprint density at radius 1 is 1.33 bits per heavy atom. The zero-order valence-electron chi connectivity index (χ0n) is 11.8. The molecular formula is C16H16N2O3. The smallest absolute Gasteiger partial charge is 0.337 e. The maximum atomic E-state index is 11.3. The van der Waals surface area contributed by atoms with Gasteiger partial charge in [0.1, 0.15) is 11.6 Å². The van der Waals surface area contributed by atoms with E-state index in [2.05, 4.69) is 4.74 Å². The van der Waals surface area contributed by atoms with E-state index in [4.69, 9.17) is 15.4 Å². The fourth-order valence-corrected chi connectivity index (χ4v) is 2.13. The molecule has 5 nitrogen and oxygen atoms in total. The SMILES string of the molecule is COC(=O)c1ccc(CCCc2coc(N)c2C#N)cc1. The molecule has 0 amide bonds. The molecule has 0 aliphatic heterocycles. The van der Waals surface area contributed by atoms with E-state index in [-0.39, 0.29) is 11.9 Å². The summed E-state index contributed by atoms with van der Waals surface area (Å²) in [5.74, 6) is -0.163. The van der Waals surface area contributed by atoms with Gasteiger partial charge < -0.3 is 14.9 Å². The molecule has 1 aromatic heterocycles. The fraction of sp³-hybridized carbons (Fsp3) is 0.250. The fourth-order valence-electron chi connectivity index (χ4n) is 2.13. The van der Waals surface area contributed by atoms with Crippen molar-refractivity contribution in [1.82, 2.24) is 0 Å². The van der Waals surface area contributed by atoms with Crippen LogP contribution in [0.25, 0.3) is 0 Å². The number of ether oxygens (including phenoxy) is 1. The number of rotatable bonds is 5. The Kier molecular flexibility index (Phi) is 4.62. The Morgan fingerprint density at radius 2 is 2.05 bits per heavy atom. The van der Waals surface area contributed by atoms with Crippen molar-refractivity contribution >= 4 is 11.9 Å². The zero-order valence-corrected chi connectivity index (χ0v) is 11.8. The summed E-state index contributed by atoms with van der Waals surface area (Å²) in [7, 11) is 1.36. The summed E-state index contributed by atoms with van der Waals surface area (Å²) in [5.41, 5.74) is 8.48. The van der Waals surface area contributed by atoms with Crippen molar-refractivity contribution in [1.29, 1.82) is 5.26 Å². The van der Waals surface area contributed by atoms with Gasteiger partial charge in [0.15, 0.2) is 0 Å². The summed E-state index contributed by atoms with van der Waals surface area (Å²) in [6.45, 7) is 0. The molecule has 0 aliphatic rings. The lowest BCUT2D eigenvalue weighted by Crippen LogP contribution is -2.01. The van der Waals surface area contributed by atoms with Crippen LogP contribution in [0.5, 0.6) is 0 Å². The molecule has 0 unspecified atom stereocenters. The van der Waals surface area contributed by atoms with Gasteiger partial charge >= 0.3 is 5.97 Å². The number of carbonyl (C=O) groups excluding carboxylic acids is 1. The quantitative estimate of drug-likeness (QED) is 0.852. The number of anilines is 1. The van der Waals surface area contributed by atoms with Crippen LogP contribution >= 0.6 is 0 Å². The van der Waals surface area contributed by atoms with Crippen LogP contribution in [0.1, 0.15) is 33.5 Å². The molecule has 5 heteroatoms. The minimum Gasteiger partial charge on any atom is -0.465 e. The van der Waals surface area contributed by atoms with Crippen molar-refractivity contribution in [2.75, 3.05) is 12.8 Å². The molecule has 21 heavy (non-hydrogen) atoms. The topological polar surface area (TPSA) is 89.2 Å². The minimum atomic E-state index is -0.339. The summed E-state index contributed by atoms with van der Waals surface area (Å²) in [6, 6.07) is 9.35. The second kappa shape index (κ2) is 6.62. The summed E-state index contributed by atoms with van der Waals surface area (Å²) in [6.07, 6.45) is 3.97. The number of methoxy groups -OCH3 is 1. The monoisotopic (exact) mass is 284 g/mol. The van der Waals surface area contributed by atoms with Crippen LogP contribution in [0.15, 0.2) is 34.9 Å². The third-order valence-corrected chi connectivity index (χ3v) is 3.29. The first-order chi connectivity index (χ1) is 10.2. The van der Waals surface area contributed by atoms with Gasteiger partial charge in [-0.25, -0.2) is 4.79 Å². The first-order valence-corrected chi connectivity index (χ1v) is 6.59. The van der Waals surface area contributed by atoms with Crippen molar-refractivity contribution < 1.29 is 13.9 Å². The molecule has 2 rings (SSSR count). The summed E-state index contributed by atoms with van der Waals surface area (Å²) in [5, 5.41) is 8.98. The number of nitrogen functional groups attached to an aromatic ring is 1. The van der Waals surface area contributed by atoms with E-state index >= 15 is 0 Å². The highest BCUT2D eigenvalue weighted by Gasteiger charge is 2.10. The van der Waals surface area contributed by atoms with Crippen LogP contribution in [0, 0.1) is 11.3 Å². The van der Waals surface area contributed by atoms with Gasteiger partial charge in [-0.3, -0.25) is 0 Å². The Bertz CT molecular complexity index is 666. The van der Waals surface area contributed by atoms with Gasteiger partial charge in [0.2, 0.25) is 5.88 Å². The number of nitrogens with two attached hydrogens (primary N) is 1. The van der Waals surface area contributed by atoms with E-state index in [1.54, 1.807) is 12.1 Å². The number of nitriles is 1. The number of hydrogen-bond acceptors (Lipinski definition) is 5. The first-order valence-electron chi connectivity index (χ1n) is 6.59. The largest absolute Gasteiger partial charge is 0.465 e. The van der Waals surface area contributed by atoms with Crippen LogP contribution in [0.4, 0.5) is 5.88 Å². The third-order valence-electron chi connectivity index (χ3n) is 3.29. The maximum absolute atomic E-state index is 11.3. The lowest BCUT2D eigenvalue weighted by molar-refractivity contribution is 0.0600. The van der Waals surface area contributed by atoms with Gasteiger partial charge in [0.05, 0.1) is 18.9 Å². The van der Waals surface area contributed by atoms with Crippen LogP contribution in [0.3, 0.4) is 0 Å². The first kappa shape index (κ1) is 14.7. The molecule has 0 atom stereocenters. The summed E-state index contributed by atoms with van der Waals surface area (Å²) in [4.78, 5) is 11.3. The van der Waals surface area contributed by atoms with Crippen molar-refractivity contribution in [3.63, 3.8) is 0 Å². The van der Waals surface area contributed by atoms with E-state index in [1.807, 2.05) is 18.2 Å². The van der Waals surface area contributed by atoms with E-state index < -0.39 is 0 Å². The Balaban J connectivity index is 1.92. The number of hydrogen-bond donors (Lipinski definition) is 1. The molecule has 0 radical (unpaired) electrons. The standard InChI is InChI=1S/C16H16N2O3/c1-20-16(19)12-7-5-11(6-8-12)3-2-4-13-10-21-15(18)14(13)9-17/h5-8,10H,2-4,18H2,1H3. The number of benzene rings is 1. The molecule has 0 aliphatic carbocycles. The number of esters is 1. The molecular weight excluding hydrogens is 268 g/mol. The highest BCUT2D eigenvalue weighted by Crippen LogP contribution is 2.20. The molecule has 0 saturated heterocycles. The second-order valence-electron chi connectivity index (χ2n) is 4.65. The number of aryl methyl sites for hydroxylation is 2. The highest BCUT2D eigenvalue weighted by molar-refractivity contribution is 5.89. The predicted octanol–water partition coefficient (Wildman–Crippen LogP) is 2.70. The van der Waals surface area contributed by atoms with Crippen molar-refractivity contribution in [2.24, 2.45) is 0 Å². The van der Waals surface area contributed by atoms with Crippen LogP contribution in [-0.4, -0.2) is 13.1 Å². The molecule has 0 bridgehead atoms. The third kappa shape index (κ3) is 3.42. The van der Waals surface area contributed by atoms with E-state index in [1.165, 1.54) is 13.4 Å². The molecule has 1 heterocycles. The maximum Gasteiger partial charge on any atom is 0.337 e. The van der Waals surface area contributed by atoms with Gasteiger partial charge in [-0.1, -0.05) is 12.1 Å². The summed E-state index contributed by atoms with van der Waals surface area (Å²) < 4.78 is 9.70. The minimum absolute atomic E-state index is 0.176. The van der Waals surface area contributed by atoms with E-state index in [0.717, 1.165) is 30.4 Å². The van der Waals surface area contributed by atoms with E-state index in [0.29, 0.717) is 11.1 Å². The molecule has 2 N–H and O–H groups in total. The predicted molar refractivity (Wildman–Crippen MR) is 77.6 cm³/mol. The zero-order chi connectivity index (χ0) is 15.2. The Morgan fingerprint density at radius 3 is 2.67 bits per heavy atom. The highest BCUT2D eigenvalue weighted by atomic mass is 16.5. The van der Waals surface area contributed by atoms with Crippen LogP contribution in [-0.2, 0) is 17.6 Å². The Labute approximate surface area is 122 Å². The van der Waals surface area contributed by atoms with Gasteiger partial charge in [0, 0.05) is 5.56 Å². The molecule has 0 fully saturated rings. The van der Waals surface area contributed by atoms with Gasteiger partial charge in [0.25, 0.3) is 0 Å². The summed E-state index contributed by atoms with van der Waals surface area (Å²) >= 11 is 0. The molecule has 1 aromatic carbocycles. The average molecular weight is 284 g/mol. The molecule has 108 valence electrons. The van der Waals surface area contributed by atoms with Crippen molar-refractivity contribution in [3.8, 4) is 6.07 Å². The van der Waals surface area contributed by atoms with Crippen molar-refractivity contribution in [3.05, 3.63) is 52.8 Å². The van der Waals surface area contributed by atoms with Crippen LogP contribution < -0.4 is 5.73 Å². The second-order valence-corrected chi connectivity index (χ2v) is 4.65. The van der Waals surface area contributed by atoms with Gasteiger partial charge in [-0.15, -0.1) is 0 Å². The van der Waals surface area contributed by atoms with Crippen LogP contribution in [0.2, 0.25) is 0 Å². The van der Waals surface area contributed by atoms with Gasteiger partial charge in [-0.2, -0.15) is 5.26 Å². The average Bonchev–Trinajstić information content (AvgIpc) is 2.87. The lowest BCUT2D eigenvalue weighted by Gasteiger charge is -2.03. The number of nitrogens with zero attached hydrogens (tertiary/aromatic N) is 1. The molecule has 0 saturated carbocycles. The normalized spacial score (nSPS) is 10.1. The Hall–Kier alpha value is -2.74. The van der Waals surface area contributed by atoms with Crippen molar-refractivity contribution in [2.45, 2.75) is 19.3 Å². The lowest BCUT2D eigenvalue weighted by atomic mass is 10.0.